The minimum absolute atomic E-state index is 0.0768. The first kappa shape index (κ1) is 24.4. The van der Waals surface area contributed by atoms with Crippen molar-refractivity contribution < 1.29 is 37.0 Å². The van der Waals surface area contributed by atoms with Crippen LogP contribution >= 0.6 is 0 Å². The lowest BCUT2D eigenvalue weighted by Crippen LogP contribution is -2.32. The Morgan fingerprint density at radius 1 is 1.15 bits per heavy atom. The van der Waals surface area contributed by atoms with E-state index in [-0.39, 0.29) is 5.52 Å². The van der Waals surface area contributed by atoms with Gasteiger partial charge < -0.3 is 15.1 Å². The predicted molar refractivity (Wildman–Crippen MR) is 110 cm³/mol. The number of rotatable bonds is 3. The van der Waals surface area contributed by atoms with E-state index < -0.39 is 29.5 Å². The minimum atomic E-state index is -5.08. The number of halogens is 5. The van der Waals surface area contributed by atoms with Crippen LogP contribution in [0.25, 0.3) is 16.6 Å². The van der Waals surface area contributed by atoms with Crippen molar-refractivity contribution in [2.45, 2.75) is 31.9 Å². The van der Waals surface area contributed by atoms with E-state index in [1.165, 1.54) is 16.4 Å². The maximum Gasteiger partial charge on any atom is 0.490 e. The van der Waals surface area contributed by atoms with Gasteiger partial charge in [-0.2, -0.15) is 18.3 Å². The molecule has 0 unspecified atom stereocenters. The van der Waals surface area contributed by atoms with Gasteiger partial charge in [0.15, 0.2) is 17.4 Å². The summed E-state index contributed by atoms with van der Waals surface area (Å²) in [7, 11) is 0. The zero-order valence-electron chi connectivity index (χ0n) is 17.6. The molecule has 1 saturated heterocycles. The summed E-state index contributed by atoms with van der Waals surface area (Å²) in [6.45, 7) is 5.51. The van der Waals surface area contributed by atoms with Crippen LogP contribution in [0.1, 0.15) is 31.2 Å². The molecule has 3 aromatic rings. The van der Waals surface area contributed by atoms with Crippen LogP contribution in [-0.4, -0.2) is 56.7 Å². The van der Waals surface area contributed by atoms with Gasteiger partial charge in [0, 0.05) is 5.39 Å². The van der Waals surface area contributed by atoms with Crippen molar-refractivity contribution in [3.8, 4) is 11.4 Å². The molecule has 178 valence electrons. The zero-order chi connectivity index (χ0) is 24.3. The first-order valence-electron chi connectivity index (χ1n) is 10.2. The largest absolute Gasteiger partial charge is 0.503 e. The van der Waals surface area contributed by atoms with E-state index in [2.05, 4.69) is 29.1 Å². The monoisotopic (exact) mass is 471 g/mol. The van der Waals surface area contributed by atoms with E-state index in [0.29, 0.717) is 17.0 Å². The third-order valence-electron chi connectivity index (χ3n) is 5.61. The molecule has 0 saturated carbocycles. The molecule has 1 fully saturated rings. The van der Waals surface area contributed by atoms with E-state index >= 15 is 0 Å². The Morgan fingerprint density at radius 2 is 1.73 bits per heavy atom. The smallest absolute Gasteiger partial charge is 0.490 e. The van der Waals surface area contributed by atoms with E-state index in [1.807, 2.05) is 12.1 Å². The quantitative estimate of drug-likeness (QED) is 0.535. The van der Waals surface area contributed by atoms with E-state index in [9.17, 15) is 27.1 Å². The molecule has 1 aromatic heterocycles. The molecule has 6 nitrogen and oxygen atoms in total. The predicted octanol–water partition coefficient (Wildman–Crippen LogP) is 4.84. The van der Waals surface area contributed by atoms with Gasteiger partial charge in [0.1, 0.15) is 5.52 Å². The van der Waals surface area contributed by atoms with Crippen LogP contribution in [0.4, 0.5) is 22.0 Å². The summed E-state index contributed by atoms with van der Waals surface area (Å²) < 4.78 is 61.0. The molecular weight excluding hydrogens is 449 g/mol. The molecule has 33 heavy (non-hydrogen) atoms. The fourth-order valence-electron chi connectivity index (χ4n) is 3.77. The minimum Gasteiger partial charge on any atom is -0.503 e. The van der Waals surface area contributed by atoms with Crippen LogP contribution in [0.2, 0.25) is 0 Å². The van der Waals surface area contributed by atoms with Gasteiger partial charge in [0.05, 0.1) is 11.9 Å². The number of likely N-dealkylation sites (tertiary alicyclic amines) is 1. The fourth-order valence-corrected chi connectivity index (χ4v) is 3.77. The Balaban J connectivity index is 0.000000383. The van der Waals surface area contributed by atoms with Crippen LogP contribution in [0.3, 0.4) is 0 Å². The number of alkyl halides is 3. The average Bonchev–Trinajstić information content (AvgIpc) is 3.21. The number of hydrogen-bond acceptors (Lipinski definition) is 4. The van der Waals surface area contributed by atoms with Crippen LogP contribution in [0, 0.1) is 11.6 Å². The zero-order valence-corrected chi connectivity index (χ0v) is 17.6. The molecule has 0 amide bonds. The summed E-state index contributed by atoms with van der Waals surface area (Å²) in [5.74, 6) is -5.17. The van der Waals surface area contributed by atoms with Gasteiger partial charge in [-0.25, -0.2) is 18.3 Å². The van der Waals surface area contributed by atoms with Crippen LogP contribution in [0.5, 0.6) is 5.75 Å². The highest BCUT2D eigenvalue weighted by atomic mass is 19.4. The van der Waals surface area contributed by atoms with Crippen molar-refractivity contribution in [1.29, 1.82) is 0 Å². The molecule has 0 aliphatic carbocycles. The number of nitrogens with zero attached hydrogens (tertiary/aromatic N) is 3. The summed E-state index contributed by atoms with van der Waals surface area (Å²) in [4.78, 5) is 11.3. The second-order valence-electron chi connectivity index (χ2n) is 7.62. The SMILES string of the molecule is CCN1CCC(c2ccc(-n3ncc4cc(F)c(O)c(F)c43)cc2)CC1.O=C(O)C(F)(F)F. The summed E-state index contributed by atoms with van der Waals surface area (Å²) in [6, 6.07) is 8.99. The first-order valence-corrected chi connectivity index (χ1v) is 10.2. The number of hydrogen-bond donors (Lipinski definition) is 2. The molecule has 0 radical (unpaired) electrons. The highest BCUT2D eigenvalue weighted by molar-refractivity contribution is 5.82. The normalized spacial score (nSPS) is 15.3. The molecule has 2 aromatic carbocycles. The maximum absolute atomic E-state index is 14.3. The number of aromatic nitrogens is 2. The number of aliphatic carboxylic acids is 1. The van der Waals surface area contributed by atoms with Crippen LogP contribution in [-0.2, 0) is 4.79 Å². The molecule has 1 aliphatic rings. The lowest BCUT2D eigenvalue weighted by atomic mass is 9.89. The van der Waals surface area contributed by atoms with Gasteiger partial charge in [-0.3, -0.25) is 0 Å². The van der Waals surface area contributed by atoms with Crippen LogP contribution < -0.4 is 0 Å². The van der Waals surface area contributed by atoms with E-state index in [4.69, 9.17) is 9.90 Å². The number of carboxylic acids is 1. The van der Waals surface area contributed by atoms with Gasteiger partial charge in [0.25, 0.3) is 0 Å². The van der Waals surface area contributed by atoms with Gasteiger partial charge in [-0.05, 0) is 62.2 Å². The molecule has 4 rings (SSSR count). The van der Waals surface area contributed by atoms with Crippen molar-refractivity contribution in [1.82, 2.24) is 14.7 Å². The topological polar surface area (TPSA) is 78.6 Å². The summed E-state index contributed by atoms with van der Waals surface area (Å²) in [6.07, 6.45) is -1.41. The van der Waals surface area contributed by atoms with Gasteiger partial charge >= 0.3 is 12.1 Å². The van der Waals surface area contributed by atoms with E-state index in [0.717, 1.165) is 38.5 Å². The molecular formula is C22H22F5N3O3. The summed E-state index contributed by atoms with van der Waals surface area (Å²) in [5.41, 5.74) is 2.03. The summed E-state index contributed by atoms with van der Waals surface area (Å²) in [5, 5.41) is 21.2. The van der Waals surface area contributed by atoms with Crippen molar-refractivity contribution >= 4 is 16.9 Å². The number of phenolic OH excluding ortho intramolecular Hbond substituents is 1. The third kappa shape index (κ3) is 5.41. The number of fused-ring (bicyclic) bond motifs is 1. The Kier molecular flexibility index (Phi) is 7.21. The van der Waals surface area contributed by atoms with Crippen molar-refractivity contribution in [2.75, 3.05) is 19.6 Å². The highest BCUT2D eigenvalue weighted by Crippen LogP contribution is 2.32. The van der Waals surface area contributed by atoms with Gasteiger partial charge in [0.2, 0.25) is 0 Å². The molecule has 2 heterocycles. The number of phenols is 1. The lowest BCUT2D eigenvalue weighted by Gasteiger charge is -2.31. The second kappa shape index (κ2) is 9.74. The molecule has 0 bridgehead atoms. The highest BCUT2D eigenvalue weighted by Gasteiger charge is 2.38. The Hall–Kier alpha value is -3.21. The first-order chi connectivity index (χ1) is 15.5. The van der Waals surface area contributed by atoms with Crippen LogP contribution in [0.15, 0.2) is 36.5 Å². The van der Waals surface area contributed by atoms with Crippen molar-refractivity contribution in [3.05, 3.63) is 53.7 Å². The van der Waals surface area contributed by atoms with Gasteiger partial charge in [-0.15, -0.1) is 0 Å². The number of carboxylic acid groups (broad SMARTS) is 1. The number of benzene rings is 2. The lowest BCUT2D eigenvalue weighted by molar-refractivity contribution is -0.192. The average molecular weight is 471 g/mol. The number of piperidine rings is 1. The second-order valence-corrected chi connectivity index (χ2v) is 7.62. The fraction of sp³-hybridized carbons (Fsp3) is 0.364. The molecule has 11 heteroatoms. The molecule has 0 spiro atoms. The summed E-state index contributed by atoms with van der Waals surface area (Å²) >= 11 is 0. The number of carbonyl (C=O) groups is 1. The Morgan fingerprint density at radius 3 is 2.24 bits per heavy atom. The maximum atomic E-state index is 14.3. The third-order valence-corrected chi connectivity index (χ3v) is 5.61. The Labute approximate surface area is 185 Å². The van der Waals surface area contributed by atoms with E-state index in [1.54, 1.807) is 0 Å². The van der Waals surface area contributed by atoms with Crippen molar-refractivity contribution in [3.63, 3.8) is 0 Å². The molecule has 0 atom stereocenters. The molecule has 1 aliphatic heterocycles. The molecule has 2 N–H and O–H groups in total. The van der Waals surface area contributed by atoms with Gasteiger partial charge in [-0.1, -0.05) is 19.1 Å². The van der Waals surface area contributed by atoms with Crippen molar-refractivity contribution in [2.24, 2.45) is 0 Å². The number of aromatic hydroxyl groups is 1. The standard InChI is InChI=1S/C20H21F2N3O.C2HF3O2/c1-2-24-9-7-14(8-10-24)13-3-5-16(6-4-13)25-19-15(12-23-25)11-17(21)20(26)18(19)22;3-2(4,5)1(6)7/h3-6,11-12,14,26H,2,7-10H2,1H3;(H,6,7). The Bertz CT molecular complexity index is 1120.